The SMILES string of the molecule is NN(C(=O)c1cnn(-c2ccccc2)c1C(F)(F)F)C(=O)c1sccc1Cl. The normalized spacial score (nSPS) is 11.4. The lowest BCUT2D eigenvalue weighted by Gasteiger charge is -2.16. The number of thiophene rings is 1. The molecule has 0 bridgehead atoms. The first-order valence-corrected chi connectivity index (χ1v) is 8.54. The van der Waals surface area contributed by atoms with Crippen LogP contribution < -0.4 is 5.84 Å². The van der Waals surface area contributed by atoms with Crippen molar-refractivity contribution in [1.29, 1.82) is 0 Å². The molecule has 0 aliphatic heterocycles. The first-order chi connectivity index (χ1) is 12.7. The highest BCUT2D eigenvalue weighted by atomic mass is 35.5. The zero-order valence-electron chi connectivity index (χ0n) is 13.3. The molecule has 2 aromatic heterocycles. The molecule has 2 amide bonds. The van der Waals surface area contributed by atoms with Gasteiger partial charge < -0.3 is 0 Å². The average molecular weight is 415 g/mol. The standard InChI is InChI=1S/C16H10ClF3N4O2S/c17-11-6-7-27-12(11)15(26)23(21)14(25)10-8-22-24(13(10)16(18,19)20)9-4-2-1-3-5-9/h1-8H,21H2. The molecule has 0 radical (unpaired) electrons. The van der Waals surface area contributed by atoms with Crippen LogP contribution in [0.15, 0.2) is 48.0 Å². The van der Waals surface area contributed by atoms with Gasteiger partial charge in [0.15, 0.2) is 5.69 Å². The van der Waals surface area contributed by atoms with Gasteiger partial charge in [-0.05, 0) is 23.6 Å². The van der Waals surface area contributed by atoms with Gasteiger partial charge in [-0.25, -0.2) is 15.5 Å². The van der Waals surface area contributed by atoms with Crippen molar-refractivity contribution < 1.29 is 22.8 Å². The molecular formula is C16H10ClF3N4O2S. The molecule has 3 rings (SSSR count). The molecular weight excluding hydrogens is 405 g/mol. The Kier molecular flexibility index (Phi) is 5.05. The smallest absolute Gasteiger partial charge is 0.267 e. The second-order valence-electron chi connectivity index (χ2n) is 5.23. The number of hydrogen-bond acceptors (Lipinski definition) is 5. The van der Waals surface area contributed by atoms with Crippen molar-refractivity contribution >= 4 is 34.8 Å². The third-order valence-electron chi connectivity index (χ3n) is 3.52. The minimum Gasteiger partial charge on any atom is -0.267 e. The number of carbonyl (C=O) groups is 2. The fourth-order valence-corrected chi connectivity index (χ4v) is 3.39. The zero-order valence-corrected chi connectivity index (χ0v) is 14.8. The summed E-state index contributed by atoms with van der Waals surface area (Å²) in [7, 11) is 0. The summed E-state index contributed by atoms with van der Waals surface area (Å²) in [4.78, 5) is 24.7. The van der Waals surface area contributed by atoms with E-state index in [1.54, 1.807) is 6.07 Å². The summed E-state index contributed by atoms with van der Waals surface area (Å²) < 4.78 is 41.4. The van der Waals surface area contributed by atoms with E-state index >= 15 is 0 Å². The van der Waals surface area contributed by atoms with Gasteiger partial charge in [-0.15, -0.1) is 11.3 Å². The molecule has 0 atom stereocenters. The average Bonchev–Trinajstić information content (AvgIpc) is 3.26. The number of benzene rings is 1. The fraction of sp³-hybridized carbons (Fsp3) is 0.0625. The number of hydrogen-bond donors (Lipinski definition) is 1. The van der Waals surface area contributed by atoms with Gasteiger partial charge in [-0.1, -0.05) is 29.8 Å². The van der Waals surface area contributed by atoms with E-state index in [4.69, 9.17) is 17.4 Å². The Bertz CT molecular complexity index is 1000. The molecule has 0 aliphatic rings. The molecule has 0 aliphatic carbocycles. The quantitative estimate of drug-likeness (QED) is 0.306. The van der Waals surface area contributed by atoms with Crippen LogP contribution in [0.4, 0.5) is 13.2 Å². The predicted molar refractivity (Wildman–Crippen MR) is 92.6 cm³/mol. The van der Waals surface area contributed by atoms with Crippen molar-refractivity contribution in [1.82, 2.24) is 14.8 Å². The third kappa shape index (κ3) is 3.59. The van der Waals surface area contributed by atoms with Crippen LogP contribution in [0, 0.1) is 0 Å². The molecule has 27 heavy (non-hydrogen) atoms. The Morgan fingerprint density at radius 3 is 2.37 bits per heavy atom. The van der Waals surface area contributed by atoms with E-state index in [2.05, 4.69) is 5.10 Å². The van der Waals surface area contributed by atoms with Gasteiger partial charge in [-0.3, -0.25) is 9.59 Å². The Morgan fingerprint density at radius 2 is 1.81 bits per heavy atom. The van der Waals surface area contributed by atoms with Crippen LogP contribution in [-0.4, -0.2) is 26.6 Å². The highest BCUT2D eigenvalue weighted by Crippen LogP contribution is 2.34. The lowest BCUT2D eigenvalue weighted by atomic mass is 10.2. The van der Waals surface area contributed by atoms with Crippen LogP contribution in [0.25, 0.3) is 5.69 Å². The Balaban J connectivity index is 2.04. The highest BCUT2D eigenvalue weighted by Gasteiger charge is 2.42. The monoisotopic (exact) mass is 414 g/mol. The van der Waals surface area contributed by atoms with Gasteiger partial charge in [0.25, 0.3) is 11.8 Å². The summed E-state index contributed by atoms with van der Waals surface area (Å²) in [5.41, 5.74) is -2.09. The number of hydrazine groups is 1. The summed E-state index contributed by atoms with van der Waals surface area (Å²) in [5, 5.41) is 5.29. The van der Waals surface area contributed by atoms with E-state index < -0.39 is 29.2 Å². The van der Waals surface area contributed by atoms with E-state index in [9.17, 15) is 22.8 Å². The van der Waals surface area contributed by atoms with Crippen molar-refractivity contribution in [2.45, 2.75) is 6.18 Å². The number of nitrogens with two attached hydrogens (primary N) is 1. The van der Waals surface area contributed by atoms with Crippen LogP contribution in [0.5, 0.6) is 0 Å². The summed E-state index contributed by atoms with van der Waals surface area (Å²) in [5.74, 6) is 3.13. The van der Waals surface area contributed by atoms with Crippen LogP contribution in [0.1, 0.15) is 25.7 Å². The van der Waals surface area contributed by atoms with E-state index in [1.807, 2.05) is 0 Å². The van der Waals surface area contributed by atoms with Crippen molar-refractivity contribution in [3.63, 3.8) is 0 Å². The highest BCUT2D eigenvalue weighted by molar-refractivity contribution is 7.12. The molecule has 0 saturated carbocycles. The number of aromatic nitrogens is 2. The van der Waals surface area contributed by atoms with Crippen LogP contribution in [0.2, 0.25) is 5.02 Å². The summed E-state index contributed by atoms with van der Waals surface area (Å²) >= 11 is 6.73. The van der Waals surface area contributed by atoms with Crippen molar-refractivity contribution in [3.05, 3.63) is 69.1 Å². The summed E-state index contributed by atoms with van der Waals surface area (Å²) in [6, 6.07) is 8.87. The third-order valence-corrected chi connectivity index (χ3v) is 4.85. The maximum Gasteiger partial charge on any atom is 0.434 e. The van der Waals surface area contributed by atoms with E-state index in [0.29, 0.717) is 4.68 Å². The molecule has 2 heterocycles. The lowest BCUT2D eigenvalue weighted by molar-refractivity contribution is -0.143. The number of para-hydroxylation sites is 1. The molecule has 0 unspecified atom stereocenters. The summed E-state index contributed by atoms with van der Waals surface area (Å²) in [6.45, 7) is 0. The van der Waals surface area contributed by atoms with Gasteiger partial charge in [0.2, 0.25) is 0 Å². The second kappa shape index (κ2) is 7.14. The second-order valence-corrected chi connectivity index (χ2v) is 6.55. The van der Waals surface area contributed by atoms with Gasteiger partial charge in [0, 0.05) is 0 Å². The van der Waals surface area contributed by atoms with Crippen LogP contribution >= 0.6 is 22.9 Å². The zero-order chi connectivity index (χ0) is 19.8. The largest absolute Gasteiger partial charge is 0.434 e. The first kappa shape index (κ1) is 19.1. The van der Waals surface area contributed by atoms with Gasteiger partial charge in [0.05, 0.1) is 22.5 Å². The Labute approximate surface area is 159 Å². The number of halogens is 4. The van der Waals surface area contributed by atoms with Crippen molar-refractivity contribution in [2.24, 2.45) is 5.84 Å². The minimum absolute atomic E-state index is 0.0456. The number of carbonyl (C=O) groups excluding carboxylic acids is 2. The van der Waals surface area contributed by atoms with Crippen molar-refractivity contribution in [2.75, 3.05) is 0 Å². The minimum atomic E-state index is -4.91. The van der Waals surface area contributed by atoms with Gasteiger partial charge in [0.1, 0.15) is 4.88 Å². The lowest BCUT2D eigenvalue weighted by Crippen LogP contribution is -2.43. The predicted octanol–water partition coefficient (Wildman–Crippen LogP) is 3.76. The molecule has 0 spiro atoms. The molecule has 0 fully saturated rings. The Hall–Kier alpha value is -2.69. The van der Waals surface area contributed by atoms with E-state index in [1.165, 1.54) is 35.7 Å². The number of rotatable bonds is 3. The van der Waals surface area contributed by atoms with Gasteiger partial charge in [-0.2, -0.15) is 18.3 Å². The molecule has 0 saturated heterocycles. The van der Waals surface area contributed by atoms with Crippen LogP contribution in [0.3, 0.4) is 0 Å². The van der Waals surface area contributed by atoms with Crippen LogP contribution in [-0.2, 0) is 6.18 Å². The number of imide groups is 1. The molecule has 2 N–H and O–H groups in total. The van der Waals surface area contributed by atoms with Crippen molar-refractivity contribution in [3.8, 4) is 5.69 Å². The molecule has 3 aromatic rings. The molecule has 11 heteroatoms. The molecule has 1 aromatic carbocycles. The van der Waals surface area contributed by atoms with E-state index in [0.717, 1.165) is 17.5 Å². The topological polar surface area (TPSA) is 81.2 Å². The Morgan fingerprint density at radius 1 is 1.15 bits per heavy atom. The maximum absolute atomic E-state index is 13.6. The number of nitrogens with zero attached hydrogens (tertiary/aromatic N) is 3. The van der Waals surface area contributed by atoms with E-state index in [-0.39, 0.29) is 20.6 Å². The molecule has 6 nitrogen and oxygen atoms in total. The molecule has 140 valence electrons. The first-order valence-electron chi connectivity index (χ1n) is 7.29. The fourth-order valence-electron chi connectivity index (χ4n) is 2.32. The summed E-state index contributed by atoms with van der Waals surface area (Å²) in [6.07, 6.45) is -4.19. The maximum atomic E-state index is 13.6. The number of alkyl halides is 3. The number of amides is 2. The van der Waals surface area contributed by atoms with Gasteiger partial charge >= 0.3 is 6.18 Å².